The molecule has 3 aromatic rings. The second-order valence-corrected chi connectivity index (χ2v) is 9.82. The summed E-state index contributed by atoms with van der Waals surface area (Å²) >= 11 is 0. The van der Waals surface area contributed by atoms with E-state index in [1.165, 1.54) is 0 Å². The molecule has 0 unspecified atom stereocenters. The van der Waals surface area contributed by atoms with Crippen molar-refractivity contribution < 1.29 is 14.4 Å². The predicted molar refractivity (Wildman–Crippen MR) is 151 cm³/mol. The lowest BCUT2D eigenvalue weighted by atomic mass is 10.1. The first-order valence-corrected chi connectivity index (χ1v) is 13.5. The molecular formula is C30H34N6O3. The van der Waals surface area contributed by atoms with Crippen LogP contribution < -0.4 is 15.5 Å². The van der Waals surface area contributed by atoms with Gasteiger partial charge >= 0.3 is 0 Å². The molecular weight excluding hydrogens is 492 g/mol. The summed E-state index contributed by atoms with van der Waals surface area (Å²) in [6.45, 7) is 5.52. The number of pyridine rings is 1. The highest BCUT2D eigenvalue weighted by Crippen LogP contribution is 2.30. The van der Waals surface area contributed by atoms with Crippen molar-refractivity contribution in [3.05, 3.63) is 89.7 Å². The van der Waals surface area contributed by atoms with Gasteiger partial charge < -0.3 is 25.3 Å². The fraction of sp³-hybridized carbons (Fsp3) is 0.333. The first kappa shape index (κ1) is 26.4. The van der Waals surface area contributed by atoms with E-state index >= 15 is 0 Å². The van der Waals surface area contributed by atoms with E-state index in [-0.39, 0.29) is 17.7 Å². The highest BCUT2D eigenvalue weighted by molar-refractivity contribution is 6.07. The van der Waals surface area contributed by atoms with E-state index in [1.807, 2.05) is 40.1 Å². The lowest BCUT2D eigenvalue weighted by Crippen LogP contribution is -2.35. The van der Waals surface area contributed by atoms with Gasteiger partial charge in [0.25, 0.3) is 17.7 Å². The zero-order valence-corrected chi connectivity index (χ0v) is 22.0. The van der Waals surface area contributed by atoms with E-state index < -0.39 is 0 Å². The summed E-state index contributed by atoms with van der Waals surface area (Å²) in [5.74, 6) is -0.302. The van der Waals surface area contributed by atoms with Gasteiger partial charge in [0.15, 0.2) is 0 Å². The van der Waals surface area contributed by atoms with Crippen molar-refractivity contribution in [1.29, 1.82) is 0 Å². The van der Waals surface area contributed by atoms with Crippen LogP contribution >= 0.6 is 0 Å². The topological polar surface area (TPSA) is 97.9 Å². The minimum atomic E-state index is -0.233. The van der Waals surface area contributed by atoms with Gasteiger partial charge in [0.2, 0.25) is 0 Å². The van der Waals surface area contributed by atoms with Crippen LogP contribution in [-0.2, 0) is 0 Å². The molecule has 0 radical (unpaired) electrons. The van der Waals surface area contributed by atoms with Gasteiger partial charge in [-0.2, -0.15) is 0 Å². The Balaban J connectivity index is 1.39. The molecule has 2 fully saturated rings. The largest absolute Gasteiger partial charge is 0.368 e. The van der Waals surface area contributed by atoms with Crippen molar-refractivity contribution in [2.24, 2.45) is 0 Å². The van der Waals surface area contributed by atoms with Crippen LogP contribution in [0.4, 0.5) is 11.4 Å². The fourth-order valence-electron chi connectivity index (χ4n) is 5.09. The maximum Gasteiger partial charge on any atom is 0.255 e. The Labute approximate surface area is 228 Å². The number of rotatable bonds is 5. The van der Waals surface area contributed by atoms with Crippen LogP contribution in [0.3, 0.4) is 0 Å². The van der Waals surface area contributed by atoms with Gasteiger partial charge in [-0.1, -0.05) is 18.2 Å². The molecule has 2 saturated heterocycles. The molecule has 0 spiro atoms. The van der Waals surface area contributed by atoms with E-state index in [9.17, 15) is 14.4 Å². The van der Waals surface area contributed by atoms with Crippen LogP contribution in [0.15, 0.2) is 73.1 Å². The van der Waals surface area contributed by atoms with E-state index in [2.05, 4.69) is 20.5 Å². The van der Waals surface area contributed by atoms with Crippen LogP contribution in [0.5, 0.6) is 0 Å². The minimum Gasteiger partial charge on any atom is -0.368 e. The Morgan fingerprint density at radius 2 is 1.49 bits per heavy atom. The van der Waals surface area contributed by atoms with Crippen molar-refractivity contribution >= 4 is 29.1 Å². The SMILES string of the molecule is O=C(Nc1cc(C(=O)N2CCCNCC2)ccc1N1CCCN(C(=O)c2cccnc2)CC1)c1ccccc1. The third-order valence-electron chi connectivity index (χ3n) is 7.19. The highest BCUT2D eigenvalue weighted by Gasteiger charge is 2.24. The molecule has 0 saturated carbocycles. The summed E-state index contributed by atoms with van der Waals surface area (Å²) in [5, 5.41) is 6.39. The Morgan fingerprint density at radius 1 is 0.718 bits per heavy atom. The lowest BCUT2D eigenvalue weighted by Gasteiger charge is -2.27. The first-order valence-electron chi connectivity index (χ1n) is 13.5. The summed E-state index contributed by atoms with van der Waals surface area (Å²) in [5.41, 5.74) is 3.10. The van der Waals surface area contributed by atoms with E-state index in [4.69, 9.17) is 0 Å². The summed E-state index contributed by atoms with van der Waals surface area (Å²) < 4.78 is 0. The third-order valence-corrected chi connectivity index (χ3v) is 7.19. The first-order chi connectivity index (χ1) is 19.1. The maximum atomic E-state index is 13.4. The van der Waals surface area contributed by atoms with Crippen molar-refractivity contribution in [3.63, 3.8) is 0 Å². The highest BCUT2D eigenvalue weighted by atomic mass is 16.2. The molecule has 9 heteroatoms. The van der Waals surface area contributed by atoms with Gasteiger partial charge in [-0.15, -0.1) is 0 Å². The molecule has 0 aliphatic carbocycles. The summed E-state index contributed by atoms with van der Waals surface area (Å²) in [4.78, 5) is 49.5. The Hall–Kier alpha value is -4.24. The second kappa shape index (κ2) is 12.5. The lowest BCUT2D eigenvalue weighted by molar-refractivity contribution is 0.0758. The zero-order valence-electron chi connectivity index (χ0n) is 22.0. The summed E-state index contributed by atoms with van der Waals surface area (Å²) in [6, 6.07) is 18.2. The average molecular weight is 527 g/mol. The molecule has 1 aromatic heterocycles. The number of nitrogens with one attached hydrogen (secondary N) is 2. The van der Waals surface area contributed by atoms with Gasteiger partial charge in [-0.25, -0.2) is 0 Å². The van der Waals surface area contributed by atoms with Crippen LogP contribution in [0, 0.1) is 0 Å². The van der Waals surface area contributed by atoms with Crippen LogP contribution in [0.25, 0.3) is 0 Å². The number of aromatic nitrogens is 1. The third kappa shape index (κ3) is 6.43. The van der Waals surface area contributed by atoms with Gasteiger partial charge in [-0.05, 0) is 61.9 Å². The van der Waals surface area contributed by atoms with Crippen molar-refractivity contribution in [1.82, 2.24) is 20.1 Å². The molecule has 0 bridgehead atoms. The standard InChI is InChI=1S/C30H34N6O3/c37-28(23-7-2-1-3-8-23)33-26-21-24(29(38)35-15-5-13-31-14-18-35)10-11-27(26)34-16-6-17-36(20-19-34)30(39)25-9-4-12-32-22-25/h1-4,7-12,21-22,31H,5-6,13-20H2,(H,33,37). The van der Waals surface area contributed by atoms with Crippen molar-refractivity contribution in [2.75, 3.05) is 62.6 Å². The molecule has 2 aliphatic rings. The van der Waals surface area contributed by atoms with Crippen molar-refractivity contribution in [2.45, 2.75) is 12.8 Å². The van der Waals surface area contributed by atoms with Crippen LogP contribution in [0.1, 0.15) is 43.9 Å². The fourth-order valence-corrected chi connectivity index (χ4v) is 5.09. The maximum absolute atomic E-state index is 13.4. The molecule has 3 amide bonds. The number of hydrogen-bond acceptors (Lipinski definition) is 6. The number of anilines is 2. The number of hydrogen-bond donors (Lipinski definition) is 2. The molecule has 9 nitrogen and oxygen atoms in total. The number of benzene rings is 2. The van der Waals surface area contributed by atoms with E-state index in [1.54, 1.807) is 42.7 Å². The smallest absolute Gasteiger partial charge is 0.255 e. The normalized spacial score (nSPS) is 16.3. The number of nitrogens with zero attached hydrogens (tertiary/aromatic N) is 4. The zero-order chi connectivity index (χ0) is 27.0. The molecule has 5 rings (SSSR count). The van der Waals surface area contributed by atoms with Crippen LogP contribution in [0.2, 0.25) is 0 Å². The number of carbonyl (C=O) groups excluding carboxylic acids is 3. The van der Waals surface area contributed by atoms with Gasteiger partial charge in [-0.3, -0.25) is 19.4 Å². The van der Waals surface area contributed by atoms with Crippen LogP contribution in [-0.4, -0.2) is 84.9 Å². The van der Waals surface area contributed by atoms with Gasteiger partial charge in [0.05, 0.1) is 16.9 Å². The van der Waals surface area contributed by atoms with Gasteiger partial charge in [0, 0.05) is 69.3 Å². The second-order valence-electron chi connectivity index (χ2n) is 9.82. The summed E-state index contributed by atoms with van der Waals surface area (Å²) in [7, 11) is 0. The molecule has 202 valence electrons. The summed E-state index contributed by atoms with van der Waals surface area (Å²) in [6.07, 6.45) is 4.94. The predicted octanol–water partition coefficient (Wildman–Crippen LogP) is 3.12. The molecule has 0 atom stereocenters. The number of amides is 3. The Morgan fingerprint density at radius 3 is 2.31 bits per heavy atom. The quantitative estimate of drug-likeness (QED) is 0.530. The van der Waals surface area contributed by atoms with Gasteiger partial charge in [0.1, 0.15) is 0 Å². The van der Waals surface area contributed by atoms with E-state index in [0.717, 1.165) is 38.2 Å². The Bertz CT molecular complexity index is 1290. The molecule has 39 heavy (non-hydrogen) atoms. The van der Waals surface area contributed by atoms with Crippen molar-refractivity contribution in [3.8, 4) is 0 Å². The molecule has 3 heterocycles. The minimum absolute atomic E-state index is 0.0320. The molecule has 2 aliphatic heterocycles. The van der Waals surface area contributed by atoms with E-state index in [0.29, 0.717) is 55.1 Å². The Kier molecular flexibility index (Phi) is 8.48. The number of carbonyl (C=O) groups is 3. The average Bonchev–Trinajstić information content (AvgIpc) is 3.41. The molecule has 2 N–H and O–H groups in total. The monoisotopic (exact) mass is 526 g/mol. The molecule has 2 aromatic carbocycles.